The van der Waals surface area contributed by atoms with Crippen LogP contribution in [0.4, 0.5) is 0 Å². The van der Waals surface area contributed by atoms with Crippen LogP contribution in [0.5, 0.6) is 0 Å². The molecule has 1 aliphatic heterocycles. The normalized spacial score (nSPS) is 22.8. The molecule has 2 atom stereocenters. The SMILES string of the molecule is COCC(N)C(=O)N(C)CC1CCCCO1. The summed E-state index contributed by atoms with van der Waals surface area (Å²) in [6.07, 6.45) is 3.49. The van der Waals surface area contributed by atoms with Crippen LogP contribution in [-0.4, -0.2) is 56.9 Å². The van der Waals surface area contributed by atoms with Gasteiger partial charge in [0.15, 0.2) is 0 Å². The van der Waals surface area contributed by atoms with E-state index in [4.69, 9.17) is 15.2 Å². The molecule has 1 amide bonds. The summed E-state index contributed by atoms with van der Waals surface area (Å²) in [5.74, 6) is -0.0870. The van der Waals surface area contributed by atoms with Gasteiger partial charge in [0.05, 0.1) is 12.7 Å². The Labute approximate surface area is 96.9 Å². The summed E-state index contributed by atoms with van der Waals surface area (Å²) in [7, 11) is 3.30. The highest BCUT2D eigenvalue weighted by molar-refractivity contribution is 5.81. The first kappa shape index (κ1) is 13.4. The Morgan fingerprint density at radius 3 is 2.94 bits per heavy atom. The van der Waals surface area contributed by atoms with Crippen molar-refractivity contribution in [2.45, 2.75) is 31.4 Å². The van der Waals surface area contributed by atoms with Crippen molar-refractivity contribution in [1.29, 1.82) is 0 Å². The Balaban J connectivity index is 2.32. The third kappa shape index (κ3) is 4.08. The number of rotatable bonds is 5. The van der Waals surface area contributed by atoms with Gasteiger partial charge in [-0.25, -0.2) is 0 Å². The second-order valence-electron chi connectivity index (χ2n) is 4.27. The number of nitrogens with two attached hydrogens (primary N) is 1. The second kappa shape index (κ2) is 6.83. The molecule has 5 nitrogen and oxygen atoms in total. The fraction of sp³-hybridized carbons (Fsp3) is 0.909. The summed E-state index contributed by atoms with van der Waals surface area (Å²) in [5, 5.41) is 0. The summed E-state index contributed by atoms with van der Waals surface area (Å²) < 4.78 is 10.4. The Hall–Kier alpha value is -0.650. The molecule has 0 saturated carbocycles. The summed E-state index contributed by atoms with van der Waals surface area (Å²) in [6.45, 7) is 1.68. The third-order valence-corrected chi connectivity index (χ3v) is 2.79. The van der Waals surface area contributed by atoms with Crippen molar-refractivity contribution < 1.29 is 14.3 Å². The second-order valence-corrected chi connectivity index (χ2v) is 4.27. The first-order valence-electron chi connectivity index (χ1n) is 5.76. The smallest absolute Gasteiger partial charge is 0.241 e. The molecule has 0 radical (unpaired) electrons. The summed E-state index contributed by atoms with van der Waals surface area (Å²) in [4.78, 5) is 13.4. The maximum atomic E-state index is 11.8. The monoisotopic (exact) mass is 230 g/mol. The molecule has 0 aromatic carbocycles. The van der Waals surface area contributed by atoms with E-state index in [2.05, 4.69) is 0 Å². The number of methoxy groups -OCH3 is 1. The first-order valence-corrected chi connectivity index (χ1v) is 5.76. The van der Waals surface area contributed by atoms with E-state index in [0.717, 1.165) is 19.4 Å². The van der Waals surface area contributed by atoms with Gasteiger partial charge in [0.1, 0.15) is 6.04 Å². The number of hydrogen-bond acceptors (Lipinski definition) is 4. The average Bonchev–Trinajstić information content (AvgIpc) is 2.29. The lowest BCUT2D eigenvalue weighted by molar-refractivity contribution is -0.134. The lowest BCUT2D eigenvalue weighted by Gasteiger charge is -2.28. The van der Waals surface area contributed by atoms with Crippen LogP contribution in [0.15, 0.2) is 0 Å². The van der Waals surface area contributed by atoms with Crippen molar-refractivity contribution in [3.63, 3.8) is 0 Å². The minimum atomic E-state index is -0.571. The molecule has 16 heavy (non-hydrogen) atoms. The molecule has 1 fully saturated rings. The Kier molecular flexibility index (Phi) is 5.73. The summed E-state index contributed by atoms with van der Waals surface area (Å²) in [5.41, 5.74) is 5.68. The van der Waals surface area contributed by atoms with Crippen LogP contribution in [0, 0.1) is 0 Å². The van der Waals surface area contributed by atoms with Gasteiger partial charge in [-0.2, -0.15) is 0 Å². The molecule has 5 heteroatoms. The zero-order valence-electron chi connectivity index (χ0n) is 10.1. The van der Waals surface area contributed by atoms with E-state index < -0.39 is 6.04 Å². The van der Waals surface area contributed by atoms with E-state index in [-0.39, 0.29) is 18.6 Å². The zero-order chi connectivity index (χ0) is 12.0. The van der Waals surface area contributed by atoms with Crippen LogP contribution in [0.1, 0.15) is 19.3 Å². The molecule has 0 aliphatic carbocycles. The van der Waals surface area contributed by atoms with Gasteiger partial charge in [0.25, 0.3) is 0 Å². The average molecular weight is 230 g/mol. The van der Waals surface area contributed by atoms with Gasteiger partial charge in [-0.1, -0.05) is 0 Å². The minimum absolute atomic E-state index is 0.0870. The van der Waals surface area contributed by atoms with Crippen LogP contribution >= 0.6 is 0 Å². The molecule has 1 heterocycles. The Morgan fingerprint density at radius 1 is 1.62 bits per heavy atom. The van der Waals surface area contributed by atoms with Gasteiger partial charge >= 0.3 is 0 Å². The Morgan fingerprint density at radius 2 is 2.38 bits per heavy atom. The van der Waals surface area contributed by atoms with E-state index >= 15 is 0 Å². The molecule has 1 saturated heterocycles. The zero-order valence-corrected chi connectivity index (χ0v) is 10.1. The van der Waals surface area contributed by atoms with E-state index in [0.29, 0.717) is 6.54 Å². The van der Waals surface area contributed by atoms with Crippen molar-refractivity contribution in [3.8, 4) is 0 Å². The van der Waals surface area contributed by atoms with Gasteiger partial charge in [0, 0.05) is 27.3 Å². The number of likely N-dealkylation sites (N-methyl/N-ethyl adjacent to an activating group) is 1. The van der Waals surface area contributed by atoms with E-state index in [1.165, 1.54) is 13.5 Å². The molecule has 1 rings (SSSR count). The number of carbonyl (C=O) groups excluding carboxylic acids is 1. The fourth-order valence-corrected chi connectivity index (χ4v) is 1.88. The van der Waals surface area contributed by atoms with Gasteiger partial charge < -0.3 is 20.1 Å². The van der Waals surface area contributed by atoms with Crippen LogP contribution in [0.3, 0.4) is 0 Å². The number of carbonyl (C=O) groups is 1. The highest BCUT2D eigenvalue weighted by Crippen LogP contribution is 2.13. The number of nitrogens with zero attached hydrogens (tertiary/aromatic N) is 1. The highest BCUT2D eigenvalue weighted by atomic mass is 16.5. The summed E-state index contributed by atoms with van der Waals surface area (Å²) in [6, 6.07) is -0.571. The molecule has 2 unspecified atom stereocenters. The van der Waals surface area contributed by atoms with E-state index in [1.54, 1.807) is 11.9 Å². The molecular weight excluding hydrogens is 208 g/mol. The van der Waals surface area contributed by atoms with Crippen molar-refractivity contribution in [2.24, 2.45) is 5.73 Å². The number of hydrogen-bond donors (Lipinski definition) is 1. The molecule has 94 valence electrons. The maximum Gasteiger partial charge on any atom is 0.241 e. The van der Waals surface area contributed by atoms with Crippen LogP contribution in [-0.2, 0) is 14.3 Å². The molecule has 0 bridgehead atoms. The van der Waals surface area contributed by atoms with Gasteiger partial charge in [0.2, 0.25) is 5.91 Å². The van der Waals surface area contributed by atoms with Gasteiger partial charge in [-0.05, 0) is 19.3 Å². The molecule has 1 aliphatic rings. The lowest BCUT2D eigenvalue weighted by atomic mass is 10.1. The third-order valence-electron chi connectivity index (χ3n) is 2.79. The standard InChI is InChI=1S/C11H22N2O3/c1-13(11(14)10(12)8-15-2)7-9-5-3-4-6-16-9/h9-10H,3-8,12H2,1-2H3. The maximum absolute atomic E-state index is 11.8. The molecular formula is C11H22N2O3. The van der Waals surface area contributed by atoms with Crippen LogP contribution in [0.2, 0.25) is 0 Å². The fourth-order valence-electron chi connectivity index (χ4n) is 1.88. The predicted octanol–water partition coefficient (Wildman–Crippen LogP) is -0.0124. The largest absolute Gasteiger partial charge is 0.383 e. The molecule has 0 spiro atoms. The lowest BCUT2D eigenvalue weighted by Crippen LogP contribution is -2.47. The van der Waals surface area contributed by atoms with Crippen molar-refractivity contribution in [1.82, 2.24) is 4.90 Å². The first-order chi connectivity index (χ1) is 7.65. The highest BCUT2D eigenvalue weighted by Gasteiger charge is 2.22. The molecule has 2 N–H and O–H groups in total. The number of amides is 1. The minimum Gasteiger partial charge on any atom is -0.383 e. The van der Waals surface area contributed by atoms with E-state index in [1.807, 2.05) is 0 Å². The van der Waals surface area contributed by atoms with Gasteiger partial charge in [-0.3, -0.25) is 4.79 Å². The summed E-state index contributed by atoms with van der Waals surface area (Å²) >= 11 is 0. The number of ether oxygens (including phenoxy) is 2. The van der Waals surface area contributed by atoms with Crippen molar-refractivity contribution >= 4 is 5.91 Å². The van der Waals surface area contributed by atoms with E-state index in [9.17, 15) is 4.79 Å². The topological polar surface area (TPSA) is 64.8 Å². The van der Waals surface area contributed by atoms with Crippen LogP contribution in [0.25, 0.3) is 0 Å². The van der Waals surface area contributed by atoms with Crippen molar-refractivity contribution in [2.75, 3.05) is 33.9 Å². The quantitative estimate of drug-likeness (QED) is 0.721. The molecule has 0 aromatic heterocycles. The van der Waals surface area contributed by atoms with Crippen molar-refractivity contribution in [3.05, 3.63) is 0 Å². The predicted molar refractivity (Wildman–Crippen MR) is 61.1 cm³/mol. The van der Waals surface area contributed by atoms with Crippen LogP contribution < -0.4 is 5.73 Å². The van der Waals surface area contributed by atoms with Gasteiger partial charge in [-0.15, -0.1) is 0 Å². The molecule has 0 aromatic rings. The Bertz CT molecular complexity index is 217.